The van der Waals surface area contributed by atoms with Crippen molar-refractivity contribution < 1.29 is 9.59 Å². The lowest BCUT2D eigenvalue weighted by Crippen LogP contribution is -2.06. The Bertz CT molecular complexity index is 589. The van der Waals surface area contributed by atoms with Gasteiger partial charge in [0.25, 0.3) is 0 Å². The minimum absolute atomic E-state index is 0.107. The molecule has 0 atom stereocenters. The van der Waals surface area contributed by atoms with Gasteiger partial charge in [-0.05, 0) is 35.7 Å². The molecule has 0 saturated heterocycles. The Hall–Kier alpha value is -1.65. The number of thiophene rings is 1. The van der Waals surface area contributed by atoms with Gasteiger partial charge in [-0.1, -0.05) is 11.6 Å². The minimum atomic E-state index is -0.143. The Balaban J connectivity index is 2.22. The molecule has 0 aliphatic rings. The molecule has 0 radical (unpaired) electrons. The summed E-state index contributed by atoms with van der Waals surface area (Å²) in [4.78, 5) is 23.5. The van der Waals surface area contributed by atoms with E-state index in [4.69, 9.17) is 11.6 Å². The first kappa shape index (κ1) is 12.8. The van der Waals surface area contributed by atoms with Crippen LogP contribution >= 0.6 is 22.9 Å². The first-order valence-corrected chi connectivity index (χ1v) is 6.49. The van der Waals surface area contributed by atoms with Crippen molar-refractivity contribution >= 4 is 40.3 Å². The van der Waals surface area contributed by atoms with E-state index in [-0.39, 0.29) is 11.7 Å². The predicted molar refractivity (Wildman–Crippen MR) is 73.5 cm³/mol. The van der Waals surface area contributed by atoms with Crippen molar-refractivity contribution in [3.63, 3.8) is 0 Å². The van der Waals surface area contributed by atoms with Crippen molar-refractivity contribution in [3.8, 4) is 0 Å². The number of anilines is 1. The van der Waals surface area contributed by atoms with Crippen LogP contribution in [-0.2, 0) is 4.79 Å². The molecule has 0 spiro atoms. The standard InChI is InChI=1S/C13H10ClNO2S/c1-8(16)15-10-4-2-9(3-5-10)12(17)13-11(14)6-7-18-13/h2-7H,1H3,(H,15,16). The number of hydrogen-bond donors (Lipinski definition) is 1. The second-order valence-corrected chi connectivity index (χ2v) is 5.01. The van der Waals surface area contributed by atoms with E-state index in [0.29, 0.717) is 21.2 Å². The van der Waals surface area contributed by atoms with Crippen molar-refractivity contribution in [1.82, 2.24) is 0 Å². The molecular weight excluding hydrogens is 270 g/mol. The van der Waals surface area contributed by atoms with Crippen molar-refractivity contribution in [2.75, 3.05) is 5.32 Å². The third-order valence-corrected chi connectivity index (χ3v) is 3.63. The molecule has 0 bridgehead atoms. The first-order chi connectivity index (χ1) is 8.58. The van der Waals surface area contributed by atoms with E-state index in [2.05, 4.69) is 5.32 Å². The number of hydrogen-bond acceptors (Lipinski definition) is 3. The van der Waals surface area contributed by atoms with Crippen LogP contribution in [0.15, 0.2) is 35.7 Å². The van der Waals surface area contributed by atoms with Gasteiger partial charge in [-0.25, -0.2) is 0 Å². The van der Waals surface area contributed by atoms with Crippen LogP contribution in [0.5, 0.6) is 0 Å². The second kappa shape index (κ2) is 5.33. The number of ketones is 1. The summed E-state index contributed by atoms with van der Waals surface area (Å²) in [5.41, 5.74) is 1.21. The molecule has 1 aromatic carbocycles. The highest BCUT2D eigenvalue weighted by Gasteiger charge is 2.14. The van der Waals surface area contributed by atoms with Crippen LogP contribution in [0.1, 0.15) is 22.2 Å². The van der Waals surface area contributed by atoms with Gasteiger partial charge in [0.15, 0.2) is 0 Å². The number of rotatable bonds is 3. The number of benzene rings is 1. The Morgan fingerprint density at radius 1 is 1.17 bits per heavy atom. The largest absolute Gasteiger partial charge is 0.326 e. The van der Waals surface area contributed by atoms with E-state index in [0.717, 1.165) is 0 Å². The molecule has 1 heterocycles. The molecule has 92 valence electrons. The Morgan fingerprint density at radius 2 is 1.83 bits per heavy atom. The van der Waals surface area contributed by atoms with Gasteiger partial charge in [0.05, 0.1) is 9.90 Å². The predicted octanol–water partition coefficient (Wildman–Crippen LogP) is 3.59. The van der Waals surface area contributed by atoms with Crippen LogP contribution < -0.4 is 5.32 Å². The van der Waals surface area contributed by atoms with Gasteiger partial charge < -0.3 is 5.32 Å². The van der Waals surface area contributed by atoms with Gasteiger partial charge in [-0.2, -0.15) is 0 Å². The molecule has 2 aromatic rings. The smallest absolute Gasteiger partial charge is 0.221 e. The molecule has 0 fully saturated rings. The Morgan fingerprint density at radius 3 is 2.33 bits per heavy atom. The van der Waals surface area contributed by atoms with Crippen molar-refractivity contribution in [2.24, 2.45) is 0 Å². The fourth-order valence-electron chi connectivity index (χ4n) is 1.50. The fourth-order valence-corrected chi connectivity index (χ4v) is 2.60. The zero-order chi connectivity index (χ0) is 13.1. The molecule has 5 heteroatoms. The summed E-state index contributed by atoms with van der Waals surface area (Å²) >= 11 is 7.23. The molecule has 2 rings (SSSR count). The third-order valence-electron chi connectivity index (χ3n) is 2.29. The quantitative estimate of drug-likeness (QED) is 0.873. The summed E-state index contributed by atoms with van der Waals surface area (Å²) in [6.07, 6.45) is 0. The van der Waals surface area contributed by atoms with Crippen LogP contribution in [0.25, 0.3) is 0 Å². The topological polar surface area (TPSA) is 46.2 Å². The van der Waals surface area contributed by atoms with Crippen molar-refractivity contribution in [2.45, 2.75) is 6.92 Å². The maximum absolute atomic E-state index is 12.1. The first-order valence-electron chi connectivity index (χ1n) is 5.23. The average molecular weight is 280 g/mol. The van der Waals surface area contributed by atoms with Crippen LogP contribution in [0, 0.1) is 0 Å². The summed E-state index contributed by atoms with van der Waals surface area (Å²) in [5, 5.41) is 4.89. The number of nitrogens with one attached hydrogen (secondary N) is 1. The fraction of sp³-hybridized carbons (Fsp3) is 0.0769. The molecule has 0 aliphatic heterocycles. The van der Waals surface area contributed by atoms with E-state index >= 15 is 0 Å². The minimum Gasteiger partial charge on any atom is -0.326 e. The van der Waals surface area contributed by atoms with E-state index < -0.39 is 0 Å². The lowest BCUT2D eigenvalue weighted by atomic mass is 10.1. The lowest BCUT2D eigenvalue weighted by Gasteiger charge is -2.03. The van der Waals surface area contributed by atoms with Crippen LogP contribution in [-0.4, -0.2) is 11.7 Å². The van der Waals surface area contributed by atoms with Crippen molar-refractivity contribution in [1.29, 1.82) is 0 Å². The zero-order valence-corrected chi connectivity index (χ0v) is 11.1. The van der Waals surface area contributed by atoms with Gasteiger partial charge in [-0.3, -0.25) is 9.59 Å². The summed E-state index contributed by atoms with van der Waals surface area (Å²) in [5.74, 6) is -0.250. The third kappa shape index (κ3) is 2.78. The van der Waals surface area contributed by atoms with Crippen LogP contribution in [0.3, 0.4) is 0 Å². The van der Waals surface area contributed by atoms with Gasteiger partial charge in [0, 0.05) is 18.2 Å². The number of carbonyl (C=O) groups is 2. The van der Waals surface area contributed by atoms with Crippen LogP contribution in [0.2, 0.25) is 5.02 Å². The maximum atomic E-state index is 12.1. The van der Waals surface area contributed by atoms with E-state index in [1.807, 2.05) is 0 Å². The van der Waals surface area contributed by atoms with Gasteiger partial charge >= 0.3 is 0 Å². The SMILES string of the molecule is CC(=O)Nc1ccc(C(=O)c2sccc2Cl)cc1. The molecule has 0 saturated carbocycles. The van der Waals surface area contributed by atoms with E-state index in [1.54, 1.807) is 35.7 Å². The van der Waals surface area contributed by atoms with Crippen LogP contribution in [0.4, 0.5) is 5.69 Å². The number of amides is 1. The summed E-state index contributed by atoms with van der Waals surface area (Å²) in [6.45, 7) is 1.44. The van der Waals surface area contributed by atoms with E-state index in [9.17, 15) is 9.59 Å². The van der Waals surface area contributed by atoms with Crippen molar-refractivity contribution in [3.05, 3.63) is 51.2 Å². The van der Waals surface area contributed by atoms with E-state index in [1.165, 1.54) is 18.3 Å². The number of carbonyl (C=O) groups excluding carboxylic acids is 2. The highest BCUT2D eigenvalue weighted by molar-refractivity contribution is 7.13. The average Bonchev–Trinajstić information content (AvgIpc) is 2.75. The molecule has 0 aliphatic carbocycles. The Kier molecular flexibility index (Phi) is 3.79. The molecule has 18 heavy (non-hydrogen) atoms. The molecule has 3 nitrogen and oxygen atoms in total. The molecule has 1 amide bonds. The van der Waals surface area contributed by atoms with Gasteiger partial charge in [-0.15, -0.1) is 11.3 Å². The summed E-state index contributed by atoms with van der Waals surface area (Å²) in [6, 6.07) is 8.42. The Labute approximate surface area is 113 Å². The molecular formula is C13H10ClNO2S. The zero-order valence-electron chi connectivity index (χ0n) is 9.57. The highest BCUT2D eigenvalue weighted by Crippen LogP contribution is 2.25. The lowest BCUT2D eigenvalue weighted by molar-refractivity contribution is -0.114. The molecule has 0 unspecified atom stereocenters. The monoisotopic (exact) mass is 279 g/mol. The van der Waals surface area contributed by atoms with Gasteiger partial charge in [0.1, 0.15) is 0 Å². The maximum Gasteiger partial charge on any atom is 0.221 e. The highest BCUT2D eigenvalue weighted by atomic mass is 35.5. The number of halogens is 1. The molecule has 1 aromatic heterocycles. The molecule has 1 N–H and O–H groups in total. The normalized spacial score (nSPS) is 10.1. The second-order valence-electron chi connectivity index (χ2n) is 3.69. The summed E-state index contributed by atoms with van der Waals surface area (Å²) in [7, 11) is 0. The van der Waals surface area contributed by atoms with Gasteiger partial charge in [0.2, 0.25) is 11.7 Å². The summed E-state index contributed by atoms with van der Waals surface area (Å²) < 4.78 is 0.